The van der Waals surface area contributed by atoms with Crippen molar-refractivity contribution in [3.8, 4) is 0 Å². The zero-order chi connectivity index (χ0) is 12.3. The molecule has 0 saturated carbocycles. The maximum absolute atomic E-state index is 12.5. The fourth-order valence-corrected chi connectivity index (χ4v) is 1.03. The van der Waals surface area contributed by atoms with Crippen LogP contribution in [0.1, 0.15) is 29.8 Å². The Hall–Kier alpha value is -1.59. The molecule has 0 saturated heterocycles. The molecule has 0 aliphatic carbocycles. The molecule has 0 amide bonds. The standard InChI is InChI=1S/C10H9F3NO2/c1-6(2)16-9(15)7-5-14-4-3-8(7)10(11,12)13/h3,5-6H,1-2H3. The second kappa shape index (κ2) is 4.51. The van der Waals surface area contributed by atoms with E-state index in [1.165, 1.54) is 0 Å². The first-order valence-corrected chi connectivity index (χ1v) is 4.46. The number of aromatic nitrogens is 1. The molecule has 1 aromatic rings. The molecular formula is C10H9F3NO2. The van der Waals surface area contributed by atoms with Crippen LogP contribution in [0.25, 0.3) is 0 Å². The van der Waals surface area contributed by atoms with Crippen molar-refractivity contribution in [1.29, 1.82) is 0 Å². The smallest absolute Gasteiger partial charge is 0.417 e. The number of halogens is 3. The average Bonchev–Trinajstić information content (AvgIpc) is 2.15. The van der Waals surface area contributed by atoms with Crippen LogP contribution >= 0.6 is 0 Å². The quantitative estimate of drug-likeness (QED) is 0.735. The van der Waals surface area contributed by atoms with Gasteiger partial charge in [0.2, 0.25) is 0 Å². The lowest BCUT2D eigenvalue weighted by atomic mass is 10.1. The summed E-state index contributed by atoms with van der Waals surface area (Å²) in [7, 11) is 0. The Morgan fingerprint density at radius 1 is 1.50 bits per heavy atom. The second-order valence-electron chi connectivity index (χ2n) is 3.31. The molecule has 6 heteroatoms. The highest BCUT2D eigenvalue weighted by Gasteiger charge is 2.35. The lowest BCUT2D eigenvalue weighted by molar-refractivity contribution is -0.138. The van der Waals surface area contributed by atoms with E-state index in [0.29, 0.717) is 6.07 Å². The second-order valence-corrected chi connectivity index (χ2v) is 3.31. The minimum absolute atomic E-state index is 0.488. The Balaban J connectivity index is 3.09. The Kier molecular flexibility index (Phi) is 3.51. The SMILES string of the molecule is CC(C)OC(=O)c1cn[c]cc1C(F)(F)F. The van der Waals surface area contributed by atoms with Crippen molar-refractivity contribution < 1.29 is 22.7 Å². The molecule has 0 atom stereocenters. The molecule has 0 aliphatic heterocycles. The summed E-state index contributed by atoms with van der Waals surface area (Å²) in [5.74, 6) is -1.04. The third-order valence-corrected chi connectivity index (χ3v) is 1.64. The fraction of sp³-hybridized carbons (Fsp3) is 0.400. The van der Waals surface area contributed by atoms with Gasteiger partial charge >= 0.3 is 12.1 Å². The van der Waals surface area contributed by atoms with Crippen molar-refractivity contribution >= 4 is 5.97 Å². The van der Waals surface area contributed by atoms with Gasteiger partial charge in [0.15, 0.2) is 0 Å². The number of carbonyl (C=O) groups is 1. The number of hydrogen-bond acceptors (Lipinski definition) is 3. The molecule has 3 nitrogen and oxygen atoms in total. The predicted molar refractivity (Wildman–Crippen MR) is 48.6 cm³/mol. The highest BCUT2D eigenvalue weighted by molar-refractivity contribution is 5.91. The molecule has 0 aliphatic rings. The Labute approximate surface area is 90.2 Å². The van der Waals surface area contributed by atoms with E-state index in [-0.39, 0.29) is 0 Å². The number of nitrogens with zero attached hydrogens (tertiary/aromatic N) is 1. The van der Waals surface area contributed by atoms with Crippen LogP contribution in [0.3, 0.4) is 0 Å². The van der Waals surface area contributed by atoms with Gasteiger partial charge in [-0.1, -0.05) is 0 Å². The van der Waals surface area contributed by atoms with E-state index in [4.69, 9.17) is 0 Å². The first-order valence-electron chi connectivity index (χ1n) is 4.46. The molecular weight excluding hydrogens is 223 g/mol. The van der Waals surface area contributed by atoms with Gasteiger partial charge < -0.3 is 4.74 Å². The van der Waals surface area contributed by atoms with Crippen LogP contribution < -0.4 is 0 Å². The third-order valence-electron chi connectivity index (χ3n) is 1.64. The van der Waals surface area contributed by atoms with Crippen LogP contribution in [0.2, 0.25) is 0 Å². The number of esters is 1. The molecule has 1 heterocycles. The zero-order valence-corrected chi connectivity index (χ0v) is 8.63. The lowest BCUT2D eigenvalue weighted by Gasteiger charge is -2.12. The molecule has 16 heavy (non-hydrogen) atoms. The van der Waals surface area contributed by atoms with Gasteiger partial charge in [0.1, 0.15) is 0 Å². The van der Waals surface area contributed by atoms with Gasteiger partial charge in [-0.2, -0.15) is 13.2 Å². The van der Waals surface area contributed by atoms with E-state index in [9.17, 15) is 18.0 Å². The molecule has 1 rings (SSSR count). The summed E-state index contributed by atoms with van der Waals surface area (Å²) < 4.78 is 42.2. The van der Waals surface area contributed by atoms with E-state index >= 15 is 0 Å². The Bertz CT molecular complexity index is 388. The number of carbonyl (C=O) groups excluding carboxylic acids is 1. The highest BCUT2D eigenvalue weighted by atomic mass is 19.4. The van der Waals surface area contributed by atoms with Crippen LogP contribution in [-0.4, -0.2) is 17.1 Å². The first kappa shape index (κ1) is 12.5. The molecule has 0 spiro atoms. The summed E-state index contributed by atoms with van der Waals surface area (Å²) in [4.78, 5) is 14.7. The summed E-state index contributed by atoms with van der Waals surface area (Å²) in [5.41, 5.74) is -1.69. The first-order chi connectivity index (χ1) is 7.32. The van der Waals surface area contributed by atoms with Crippen molar-refractivity contribution in [2.24, 2.45) is 0 Å². The molecule has 1 radical (unpaired) electrons. The van der Waals surface area contributed by atoms with E-state index in [2.05, 4.69) is 9.72 Å². The van der Waals surface area contributed by atoms with Crippen LogP contribution in [0, 0.1) is 6.20 Å². The van der Waals surface area contributed by atoms with Crippen molar-refractivity contribution in [3.63, 3.8) is 0 Å². The predicted octanol–water partition coefficient (Wildman–Crippen LogP) is 2.47. The normalized spacial score (nSPS) is 11.6. The number of rotatable bonds is 2. The largest absolute Gasteiger partial charge is 0.459 e. The van der Waals surface area contributed by atoms with Crippen LogP contribution in [0.4, 0.5) is 13.2 Å². The topological polar surface area (TPSA) is 39.2 Å². The van der Waals surface area contributed by atoms with Crippen molar-refractivity contribution in [1.82, 2.24) is 4.98 Å². The van der Waals surface area contributed by atoms with E-state index < -0.39 is 29.4 Å². The summed E-state index contributed by atoms with van der Waals surface area (Å²) in [5, 5.41) is 0. The van der Waals surface area contributed by atoms with Gasteiger partial charge in [-0.05, 0) is 19.9 Å². The van der Waals surface area contributed by atoms with Crippen molar-refractivity contribution in [3.05, 3.63) is 29.6 Å². The van der Waals surface area contributed by atoms with Gasteiger partial charge in [0.25, 0.3) is 0 Å². The molecule has 0 unspecified atom stereocenters. The van der Waals surface area contributed by atoms with Gasteiger partial charge in [-0.25, -0.2) is 4.79 Å². The van der Waals surface area contributed by atoms with Crippen molar-refractivity contribution in [2.75, 3.05) is 0 Å². The Morgan fingerprint density at radius 3 is 2.62 bits per heavy atom. The monoisotopic (exact) mass is 232 g/mol. The molecule has 0 bridgehead atoms. The van der Waals surface area contributed by atoms with Crippen LogP contribution in [0.15, 0.2) is 12.3 Å². The molecule has 0 N–H and O–H groups in total. The van der Waals surface area contributed by atoms with Gasteiger partial charge in [0.05, 0.1) is 23.4 Å². The maximum atomic E-state index is 12.5. The summed E-state index contributed by atoms with van der Waals surface area (Å²) in [6.45, 7) is 3.10. The van der Waals surface area contributed by atoms with E-state index in [1.807, 2.05) is 6.20 Å². The van der Waals surface area contributed by atoms with Crippen LogP contribution in [-0.2, 0) is 10.9 Å². The van der Waals surface area contributed by atoms with Crippen molar-refractivity contribution in [2.45, 2.75) is 26.1 Å². The van der Waals surface area contributed by atoms with E-state index in [1.54, 1.807) is 13.8 Å². The van der Waals surface area contributed by atoms with Gasteiger partial charge in [-0.3, -0.25) is 4.98 Å². The maximum Gasteiger partial charge on any atom is 0.417 e. The zero-order valence-electron chi connectivity index (χ0n) is 8.63. The average molecular weight is 232 g/mol. The molecule has 1 aromatic heterocycles. The van der Waals surface area contributed by atoms with Gasteiger partial charge in [0, 0.05) is 6.20 Å². The molecule has 0 fully saturated rings. The fourth-order valence-electron chi connectivity index (χ4n) is 1.03. The lowest BCUT2D eigenvalue weighted by Crippen LogP contribution is -2.18. The number of hydrogen-bond donors (Lipinski definition) is 0. The third kappa shape index (κ3) is 2.95. The van der Waals surface area contributed by atoms with Crippen LogP contribution in [0.5, 0.6) is 0 Å². The number of alkyl halides is 3. The summed E-state index contributed by atoms with van der Waals surface area (Å²) >= 11 is 0. The minimum Gasteiger partial charge on any atom is -0.459 e. The van der Waals surface area contributed by atoms with Gasteiger partial charge in [-0.15, -0.1) is 0 Å². The minimum atomic E-state index is -4.62. The summed E-state index contributed by atoms with van der Waals surface area (Å²) in [6, 6.07) is 0.622. The molecule has 87 valence electrons. The summed E-state index contributed by atoms with van der Waals surface area (Å²) in [6.07, 6.45) is -2.27. The Morgan fingerprint density at radius 2 is 2.12 bits per heavy atom. The highest BCUT2D eigenvalue weighted by Crippen LogP contribution is 2.31. The number of ether oxygens (including phenoxy) is 1. The van der Waals surface area contributed by atoms with E-state index in [0.717, 1.165) is 6.20 Å². The molecule has 0 aromatic carbocycles. The number of pyridine rings is 1.